The smallest absolute Gasteiger partial charge is 0.286 e. The Hall–Kier alpha value is -3.44. The molecule has 1 aromatic heterocycles. The molecule has 8 nitrogen and oxygen atoms in total. The van der Waals surface area contributed by atoms with E-state index in [-0.39, 0.29) is 28.3 Å². The predicted molar refractivity (Wildman–Crippen MR) is 128 cm³/mol. The third kappa shape index (κ3) is 6.17. The van der Waals surface area contributed by atoms with Crippen LogP contribution in [0.5, 0.6) is 0 Å². The first-order chi connectivity index (χ1) is 16.8. The number of nitrogens with one attached hydrogen (secondary N) is 2. The lowest BCUT2D eigenvalue weighted by atomic mass is 9.93. The number of halogens is 3. The molecule has 3 aromatic rings. The van der Waals surface area contributed by atoms with Crippen LogP contribution in [0.15, 0.2) is 42.5 Å². The number of carbonyl (C=O) groups excluding carboxylic acids is 3. The van der Waals surface area contributed by atoms with Gasteiger partial charge < -0.3 is 15.5 Å². The summed E-state index contributed by atoms with van der Waals surface area (Å²) < 4.78 is 27.5. The second-order valence-corrected chi connectivity index (χ2v) is 9.37. The van der Waals surface area contributed by atoms with Crippen LogP contribution in [-0.2, 0) is 4.79 Å². The maximum absolute atomic E-state index is 13.7. The molecule has 1 fully saturated rings. The van der Waals surface area contributed by atoms with Gasteiger partial charge in [0.1, 0.15) is 17.3 Å². The molecule has 12 heteroatoms. The maximum Gasteiger partial charge on any atom is 0.286 e. The fourth-order valence-electron chi connectivity index (χ4n) is 3.66. The van der Waals surface area contributed by atoms with Crippen molar-refractivity contribution in [1.82, 2.24) is 15.1 Å². The molecule has 0 saturated carbocycles. The number of likely N-dealkylation sites (tertiary alicyclic amines) is 1. The fraction of sp³-hybridized carbons (Fsp3) is 0.261. The molecule has 0 atom stereocenters. The summed E-state index contributed by atoms with van der Waals surface area (Å²) in [7, 11) is 0. The summed E-state index contributed by atoms with van der Waals surface area (Å²) in [4.78, 5) is 39.0. The van der Waals surface area contributed by atoms with Crippen molar-refractivity contribution in [3.63, 3.8) is 0 Å². The molecular weight excluding hydrogens is 500 g/mol. The van der Waals surface area contributed by atoms with Crippen LogP contribution >= 0.6 is 22.9 Å². The first-order valence-corrected chi connectivity index (χ1v) is 11.9. The third-order valence-corrected chi connectivity index (χ3v) is 6.67. The van der Waals surface area contributed by atoms with E-state index in [2.05, 4.69) is 20.8 Å². The second-order valence-electron chi connectivity index (χ2n) is 7.96. The van der Waals surface area contributed by atoms with Gasteiger partial charge in [-0.1, -0.05) is 29.0 Å². The number of benzene rings is 2. The minimum atomic E-state index is -0.836. The minimum absolute atomic E-state index is 0.0379. The van der Waals surface area contributed by atoms with Gasteiger partial charge in [-0.05, 0) is 55.2 Å². The first-order valence-electron chi connectivity index (χ1n) is 10.7. The lowest BCUT2D eigenvalue weighted by molar-refractivity contribution is -0.117. The van der Waals surface area contributed by atoms with Crippen LogP contribution < -0.4 is 10.6 Å². The Morgan fingerprint density at radius 1 is 0.971 bits per heavy atom. The summed E-state index contributed by atoms with van der Waals surface area (Å²) in [6.07, 6.45) is 1.17. The fourth-order valence-corrected chi connectivity index (χ4v) is 4.50. The van der Waals surface area contributed by atoms with Gasteiger partial charge in [0.25, 0.3) is 11.8 Å². The van der Waals surface area contributed by atoms with E-state index in [9.17, 15) is 23.2 Å². The van der Waals surface area contributed by atoms with E-state index in [1.165, 1.54) is 6.07 Å². The summed E-state index contributed by atoms with van der Waals surface area (Å²) in [5, 5.41) is 13.3. The molecule has 182 valence electrons. The average molecular weight is 520 g/mol. The van der Waals surface area contributed by atoms with Gasteiger partial charge in [-0.15, -0.1) is 10.2 Å². The quantitative estimate of drug-likeness (QED) is 0.495. The Kier molecular flexibility index (Phi) is 7.67. The summed E-state index contributed by atoms with van der Waals surface area (Å²) in [6, 6.07) is 9.93. The molecule has 0 aliphatic carbocycles. The monoisotopic (exact) mass is 519 g/mol. The first kappa shape index (κ1) is 24.7. The van der Waals surface area contributed by atoms with Gasteiger partial charge in [-0.3, -0.25) is 14.4 Å². The Morgan fingerprint density at radius 2 is 1.60 bits per heavy atom. The Morgan fingerprint density at radius 3 is 2.26 bits per heavy atom. The molecule has 1 saturated heterocycles. The van der Waals surface area contributed by atoms with Crippen LogP contribution in [0.3, 0.4) is 0 Å². The zero-order chi connectivity index (χ0) is 24.9. The van der Waals surface area contributed by atoms with E-state index in [0.717, 1.165) is 23.5 Å². The maximum atomic E-state index is 13.7. The van der Waals surface area contributed by atoms with Crippen molar-refractivity contribution < 1.29 is 23.2 Å². The van der Waals surface area contributed by atoms with Crippen molar-refractivity contribution in [2.45, 2.75) is 19.3 Å². The number of hydrogen-bond acceptors (Lipinski definition) is 6. The molecule has 4 rings (SSSR count). The molecule has 0 spiro atoms. The van der Waals surface area contributed by atoms with Gasteiger partial charge in [0.15, 0.2) is 0 Å². The Balaban J connectivity index is 1.27. The molecule has 1 aliphatic heterocycles. The highest BCUT2D eigenvalue weighted by molar-refractivity contribution is 7.15. The van der Waals surface area contributed by atoms with Gasteiger partial charge in [0.05, 0.1) is 0 Å². The number of carbonyl (C=O) groups is 3. The van der Waals surface area contributed by atoms with Crippen LogP contribution in [0.1, 0.15) is 38.9 Å². The second kappa shape index (κ2) is 10.9. The van der Waals surface area contributed by atoms with Crippen molar-refractivity contribution in [3.8, 4) is 0 Å². The normalized spacial score (nSPS) is 14.0. The summed E-state index contributed by atoms with van der Waals surface area (Å²) in [5.74, 6) is -3.03. The van der Waals surface area contributed by atoms with Gasteiger partial charge in [0, 0.05) is 30.2 Å². The van der Waals surface area contributed by atoms with Crippen molar-refractivity contribution in [3.05, 3.63) is 69.1 Å². The molecule has 0 unspecified atom stereocenters. The molecule has 1 aliphatic rings. The predicted octanol–water partition coefficient (Wildman–Crippen LogP) is 4.60. The Bertz CT molecular complexity index is 1230. The highest BCUT2D eigenvalue weighted by Crippen LogP contribution is 2.25. The number of nitrogens with zero attached hydrogens (tertiary/aromatic N) is 3. The number of para-hydroxylation sites is 1. The van der Waals surface area contributed by atoms with Crippen molar-refractivity contribution in [1.29, 1.82) is 0 Å². The number of anilines is 2. The van der Waals surface area contributed by atoms with Crippen molar-refractivity contribution in [2.75, 3.05) is 23.7 Å². The zero-order valence-electron chi connectivity index (χ0n) is 18.3. The van der Waals surface area contributed by atoms with Gasteiger partial charge >= 0.3 is 0 Å². The SMILES string of the molecule is O=C(CC1CCN(C(=O)c2nnc(C(=O)Nc3ccc(Cl)cc3)s2)CC1)Nc1c(F)cccc1F. The van der Waals surface area contributed by atoms with E-state index >= 15 is 0 Å². The number of hydrogen-bond donors (Lipinski definition) is 2. The number of rotatable bonds is 6. The number of amides is 3. The molecular formula is C23H20ClF2N5O3S. The highest BCUT2D eigenvalue weighted by Gasteiger charge is 2.28. The molecule has 0 radical (unpaired) electrons. The largest absolute Gasteiger partial charge is 0.337 e. The van der Waals surface area contributed by atoms with E-state index in [0.29, 0.717) is 36.6 Å². The van der Waals surface area contributed by atoms with Crippen molar-refractivity contribution in [2.24, 2.45) is 5.92 Å². The van der Waals surface area contributed by atoms with Gasteiger partial charge in [-0.2, -0.15) is 0 Å². The molecule has 2 heterocycles. The number of aromatic nitrogens is 2. The standard InChI is InChI=1S/C23H20ClF2N5O3S/c24-14-4-6-15(7-5-14)27-20(33)21-29-30-22(35-21)23(34)31-10-8-13(9-11-31)12-18(32)28-19-16(25)2-1-3-17(19)26/h1-7,13H,8-12H2,(H,27,33)(H,28,32). The van der Waals surface area contributed by atoms with E-state index in [1.54, 1.807) is 29.2 Å². The van der Waals surface area contributed by atoms with E-state index < -0.39 is 29.1 Å². The van der Waals surface area contributed by atoms with E-state index in [4.69, 9.17) is 11.6 Å². The van der Waals surface area contributed by atoms with Gasteiger partial charge in [0.2, 0.25) is 15.9 Å². The topological polar surface area (TPSA) is 104 Å². The average Bonchev–Trinajstić information content (AvgIpc) is 3.34. The number of piperidine rings is 1. The molecule has 2 aromatic carbocycles. The van der Waals surface area contributed by atoms with Crippen molar-refractivity contribution >= 4 is 52.0 Å². The summed E-state index contributed by atoms with van der Waals surface area (Å²) in [5.41, 5.74) is 0.0728. The molecule has 0 bridgehead atoms. The summed E-state index contributed by atoms with van der Waals surface area (Å²) >= 11 is 6.73. The van der Waals surface area contributed by atoms with E-state index in [1.807, 2.05) is 0 Å². The lowest BCUT2D eigenvalue weighted by Crippen LogP contribution is -2.39. The van der Waals surface area contributed by atoms with Crippen LogP contribution in [-0.4, -0.2) is 45.9 Å². The van der Waals surface area contributed by atoms with Crippen LogP contribution in [0.4, 0.5) is 20.2 Å². The van der Waals surface area contributed by atoms with Crippen LogP contribution in [0.2, 0.25) is 5.02 Å². The van der Waals surface area contributed by atoms with Crippen LogP contribution in [0.25, 0.3) is 0 Å². The Labute approximate surface area is 208 Å². The summed E-state index contributed by atoms with van der Waals surface area (Å²) in [6.45, 7) is 0.771. The molecule has 3 amide bonds. The van der Waals surface area contributed by atoms with Gasteiger partial charge in [-0.25, -0.2) is 8.78 Å². The molecule has 2 N–H and O–H groups in total. The molecule has 35 heavy (non-hydrogen) atoms. The third-order valence-electron chi connectivity index (χ3n) is 5.51. The van der Waals surface area contributed by atoms with Crippen LogP contribution in [0, 0.1) is 17.6 Å². The lowest BCUT2D eigenvalue weighted by Gasteiger charge is -2.31. The minimum Gasteiger partial charge on any atom is -0.337 e. The highest BCUT2D eigenvalue weighted by atomic mass is 35.5. The zero-order valence-corrected chi connectivity index (χ0v) is 19.8.